The van der Waals surface area contributed by atoms with Crippen molar-refractivity contribution in [1.29, 1.82) is 0 Å². The monoisotopic (exact) mass is 337 g/mol. The van der Waals surface area contributed by atoms with E-state index in [0.29, 0.717) is 41.4 Å². The van der Waals surface area contributed by atoms with Gasteiger partial charge in [0.2, 0.25) is 5.91 Å². The van der Waals surface area contributed by atoms with Crippen LogP contribution in [0.25, 0.3) is 0 Å². The summed E-state index contributed by atoms with van der Waals surface area (Å²) in [4.78, 5) is 15.5. The van der Waals surface area contributed by atoms with Crippen molar-refractivity contribution in [2.24, 2.45) is 46.3 Å². The van der Waals surface area contributed by atoms with Crippen molar-refractivity contribution in [3.63, 3.8) is 0 Å². The van der Waals surface area contributed by atoms with Crippen LogP contribution in [0.1, 0.15) is 39.4 Å². The van der Waals surface area contributed by atoms with Gasteiger partial charge in [0, 0.05) is 17.5 Å². The van der Waals surface area contributed by atoms with Crippen molar-refractivity contribution in [3.05, 3.63) is 35.9 Å². The zero-order valence-corrected chi connectivity index (χ0v) is 15.4. The standard InChI is InChI=1S/C22H27NO2/c1-10(2)23(11(3)4)20(25)22-16-13-17(22)15-18(22)14(16)21(13,15)19(24)12-8-6-5-7-9-12/h5-11,13-19,24H,1-4H3. The third-order valence-corrected chi connectivity index (χ3v) is 9.01. The number of carbonyl (C=O) groups is 1. The molecule has 0 aromatic heterocycles. The van der Waals surface area contributed by atoms with Gasteiger partial charge in [-0.25, -0.2) is 0 Å². The smallest absolute Gasteiger partial charge is 0.230 e. The molecule has 6 fully saturated rings. The molecule has 1 unspecified atom stereocenters. The van der Waals surface area contributed by atoms with E-state index in [9.17, 15) is 9.90 Å². The van der Waals surface area contributed by atoms with Crippen molar-refractivity contribution < 1.29 is 9.90 Å². The Balaban J connectivity index is 1.28. The highest BCUT2D eigenvalue weighted by Crippen LogP contribution is 3.11. The molecule has 1 N–H and O–H groups in total. The van der Waals surface area contributed by atoms with E-state index in [2.05, 4.69) is 44.7 Å². The Hall–Kier alpha value is -1.35. The van der Waals surface area contributed by atoms with Gasteiger partial charge in [0.05, 0.1) is 11.5 Å². The maximum absolute atomic E-state index is 13.4. The molecule has 1 aromatic rings. The van der Waals surface area contributed by atoms with Crippen LogP contribution in [-0.4, -0.2) is 28.0 Å². The SMILES string of the molecule is CC(C)N(C(=O)C12C3C4C1C1C2C3C41C(O)c1ccccc1)C(C)C. The predicted molar refractivity (Wildman–Crippen MR) is 94.3 cm³/mol. The average molecular weight is 337 g/mol. The molecule has 25 heavy (non-hydrogen) atoms. The lowest BCUT2D eigenvalue weighted by Gasteiger charge is -3.11. The molecule has 1 aromatic carbocycles. The number of amides is 1. The van der Waals surface area contributed by atoms with Crippen molar-refractivity contribution in [3.8, 4) is 0 Å². The molecule has 6 aliphatic carbocycles. The third-order valence-electron chi connectivity index (χ3n) is 9.01. The third kappa shape index (κ3) is 1.08. The predicted octanol–water partition coefficient (Wildman–Crippen LogP) is 3.10. The Labute approximate surface area is 149 Å². The number of nitrogens with zero attached hydrogens (tertiary/aromatic N) is 1. The number of hydrogen-bond acceptors (Lipinski definition) is 2. The van der Waals surface area contributed by atoms with Crippen molar-refractivity contribution in [2.75, 3.05) is 0 Å². The van der Waals surface area contributed by atoms with Crippen molar-refractivity contribution >= 4 is 5.91 Å². The summed E-state index contributed by atoms with van der Waals surface area (Å²) in [6.45, 7) is 8.56. The van der Waals surface area contributed by atoms with E-state index in [1.165, 1.54) is 0 Å². The second kappa shape index (κ2) is 3.98. The van der Waals surface area contributed by atoms with Crippen LogP contribution in [0, 0.1) is 46.3 Å². The summed E-state index contributed by atoms with van der Waals surface area (Å²) >= 11 is 0. The minimum Gasteiger partial charge on any atom is -0.388 e. The van der Waals surface area contributed by atoms with Gasteiger partial charge >= 0.3 is 0 Å². The minimum absolute atomic E-state index is 0.00724. The molecular weight excluding hydrogens is 310 g/mol. The number of hydrogen-bond donors (Lipinski definition) is 1. The molecule has 0 spiro atoms. The molecule has 0 heterocycles. The zero-order valence-electron chi connectivity index (χ0n) is 15.4. The first-order chi connectivity index (χ1) is 11.9. The Morgan fingerprint density at radius 1 is 0.920 bits per heavy atom. The van der Waals surface area contributed by atoms with Gasteiger partial charge < -0.3 is 10.0 Å². The van der Waals surface area contributed by atoms with Crippen LogP contribution < -0.4 is 0 Å². The molecule has 7 rings (SSSR count). The highest BCUT2D eigenvalue weighted by molar-refractivity contribution is 5.93. The van der Waals surface area contributed by atoms with Gasteiger partial charge in [-0.3, -0.25) is 4.79 Å². The Morgan fingerprint density at radius 3 is 1.84 bits per heavy atom. The van der Waals surface area contributed by atoms with Crippen LogP contribution in [0.4, 0.5) is 0 Å². The lowest BCUT2D eigenvalue weighted by atomic mass is 8.91. The largest absolute Gasteiger partial charge is 0.388 e. The molecule has 0 radical (unpaired) electrons. The van der Waals surface area contributed by atoms with Crippen LogP contribution in [0.2, 0.25) is 0 Å². The molecule has 3 nitrogen and oxygen atoms in total. The highest BCUT2D eigenvalue weighted by atomic mass is 16.3. The second-order valence-electron chi connectivity index (χ2n) is 9.80. The van der Waals surface area contributed by atoms with E-state index < -0.39 is 0 Å². The lowest BCUT2D eigenvalue weighted by Crippen LogP contribution is -3.11. The molecule has 0 aliphatic heterocycles. The lowest BCUT2D eigenvalue weighted by molar-refractivity contribution is -0.655. The summed E-state index contributed by atoms with van der Waals surface area (Å²) in [5, 5.41) is 11.1. The maximum atomic E-state index is 13.4. The van der Waals surface area contributed by atoms with Crippen LogP contribution in [0.3, 0.4) is 0 Å². The first-order valence-corrected chi connectivity index (χ1v) is 9.98. The fraction of sp³-hybridized carbons (Fsp3) is 0.682. The van der Waals surface area contributed by atoms with Gasteiger partial charge in [-0.2, -0.15) is 0 Å². The van der Waals surface area contributed by atoms with Gasteiger partial charge in [0.1, 0.15) is 0 Å². The number of aliphatic hydroxyl groups is 1. The van der Waals surface area contributed by atoms with Gasteiger partial charge in [-0.1, -0.05) is 30.3 Å². The van der Waals surface area contributed by atoms with E-state index in [1.54, 1.807) is 0 Å². The van der Waals surface area contributed by atoms with E-state index in [-0.39, 0.29) is 29.0 Å². The fourth-order valence-corrected chi connectivity index (χ4v) is 8.80. The number of carbonyl (C=O) groups excluding carboxylic acids is 1. The molecule has 6 aliphatic rings. The van der Waals surface area contributed by atoms with Crippen molar-refractivity contribution in [2.45, 2.75) is 45.9 Å². The second-order valence-corrected chi connectivity index (χ2v) is 9.80. The van der Waals surface area contributed by atoms with E-state index in [4.69, 9.17) is 0 Å². The Kier molecular flexibility index (Phi) is 2.35. The van der Waals surface area contributed by atoms with E-state index in [0.717, 1.165) is 5.56 Å². The van der Waals surface area contributed by atoms with Gasteiger partial charge in [0.15, 0.2) is 0 Å². The average Bonchev–Trinajstić information content (AvgIpc) is 2.60. The normalized spacial score (nSPS) is 50.0. The summed E-state index contributed by atoms with van der Waals surface area (Å²) in [6.07, 6.45) is -0.322. The van der Waals surface area contributed by atoms with Crippen LogP contribution >= 0.6 is 0 Å². The molecule has 3 heteroatoms. The summed E-state index contributed by atoms with van der Waals surface area (Å²) in [6, 6.07) is 10.7. The van der Waals surface area contributed by atoms with E-state index in [1.807, 2.05) is 18.2 Å². The quantitative estimate of drug-likeness (QED) is 0.897. The summed E-state index contributed by atoms with van der Waals surface area (Å²) in [5.74, 6) is 4.03. The topological polar surface area (TPSA) is 40.5 Å². The highest BCUT2D eigenvalue weighted by Gasteiger charge is 3.12. The van der Waals surface area contributed by atoms with Gasteiger partial charge in [0.25, 0.3) is 0 Å². The van der Waals surface area contributed by atoms with Gasteiger partial charge in [-0.15, -0.1) is 0 Å². The van der Waals surface area contributed by atoms with Crippen molar-refractivity contribution in [1.82, 2.24) is 4.90 Å². The molecule has 0 saturated heterocycles. The molecular formula is C22H27NO2. The maximum Gasteiger partial charge on any atom is 0.230 e. The van der Waals surface area contributed by atoms with Crippen LogP contribution in [0.5, 0.6) is 0 Å². The Bertz CT molecular complexity index is 721. The first kappa shape index (κ1) is 14.8. The minimum atomic E-state index is -0.322. The molecule has 1 amide bonds. The van der Waals surface area contributed by atoms with E-state index >= 15 is 0 Å². The molecule has 6 saturated carbocycles. The van der Waals surface area contributed by atoms with Crippen LogP contribution in [-0.2, 0) is 4.79 Å². The number of aliphatic hydroxyl groups excluding tert-OH is 1. The summed E-state index contributed by atoms with van der Waals surface area (Å²) < 4.78 is 0. The molecule has 0 bridgehead atoms. The summed E-state index contributed by atoms with van der Waals surface area (Å²) in [7, 11) is 0. The number of rotatable bonds is 5. The Morgan fingerprint density at radius 2 is 1.40 bits per heavy atom. The number of benzene rings is 1. The first-order valence-electron chi connectivity index (χ1n) is 9.98. The molecule has 132 valence electrons. The zero-order chi connectivity index (χ0) is 17.5. The van der Waals surface area contributed by atoms with Crippen LogP contribution in [0.15, 0.2) is 30.3 Å². The summed E-state index contributed by atoms with van der Waals surface area (Å²) in [5.41, 5.74) is 1.21. The molecule has 1 atom stereocenters. The van der Waals surface area contributed by atoms with Gasteiger partial charge in [-0.05, 0) is 68.8 Å². The fourth-order valence-electron chi connectivity index (χ4n) is 8.80.